The van der Waals surface area contributed by atoms with E-state index < -0.39 is 15.7 Å². The van der Waals surface area contributed by atoms with Gasteiger partial charge in [0.15, 0.2) is 0 Å². The lowest BCUT2D eigenvalue weighted by atomic mass is 10.2. The maximum absolute atomic E-state index is 12.1. The van der Waals surface area contributed by atoms with Gasteiger partial charge in [0.2, 0.25) is 15.9 Å². The Morgan fingerprint density at radius 3 is 2.60 bits per heavy atom. The fourth-order valence-corrected chi connectivity index (χ4v) is 3.12. The number of sulfonamides is 1. The molecule has 0 aliphatic heterocycles. The molecule has 8 nitrogen and oxygen atoms in total. The molecule has 2 N–H and O–H groups in total. The Hall–Kier alpha value is -2.52. The second kappa shape index (κ2) is 8.54. The van der Waals surface area contributed by atoms with Crippen LogP contribution in [0.25, 0.3) is 0 Å². The van der Waals surface area contributed by atoms with Crippen molar-refractivity contribution in [1.82, 2.24) is 19.6 Å². The molecule has 0 spiro atoms. The summed E-state index contributed by atoms with van der Waals surface area (Å²) in [6.45, 7) is 2.25. The Kier molecular flexibility index (Phi) is 6.43. The van der Waals surface area contributed by atoms with Crippen LogP contribution < -0.4 is 15.7 Å². The number of carbonyl (C=O) groups excluding carboxylic acids is 1. The topological polar surface area (TPSA) is 110 Å². The van der Waals surface area contributed by atoms with Crippen molar-refractivity contribution in [3.63, 3.8) is 0 Å². The Morgan fingerprint density at radius 2 is 1.92 bits per heavy atom. The Morgan fingerprint density at radius 1 is 1.20 bits per heavy atom. The third kappa shape index (κ3) is 5.80. The molecule has 2 aromatic rings. The minimum absolute atomic E-state index is 0.123. The van der Waals surface area contributed by atoms with Gasteiger partial charge in [-0.15, -0.1) is 0 Å². The second-order valence-electron chi connectivity index (χ2n) is 5.44. The molecule has 0 radical (unpaired) electrons. The number of nitrogens with zero attached hydrogens (tertiary/aromatic N) is 2. The van der Waals surface area contributed by atoms with Crippen LogP contribution in [0.4, 0.5) is 0 Å². The van der Waals surface area contributed by atoms with Crippen LogP contribution in [0, 0.1) is 6.92 Å². The third-order valence-electron chi connectivity index (χ3n) is 3.40. The van der Waals surface area contributed by atoms with Gasteiger partial charge < -0.3 is 5.32 Å². The SMILES string of the molecule is Cc1ccc(S(=O)(=O)NCCCNC(=O)Cn2cccnc2=O)cc1. The summed E-state index contributed by atoms with van der Waals surface area (Å²) in [6, 6.07) is 8.12. The van der Waals surface area contributed by atoms with Crippen LogP contribution in [0.2, 0.25) is 0 Å². The van der Waals surface area contributed by atoms with Gasteiger partial charge >= 0.3 is 5.69 Å². The molecule has 1 aromatic heterocycles. The van der Waals surface area contributed by atoms with Crippen LogP contribution in [-0.4, -0.2) is 37.0 Å². The highest BCUT2D eigenvalue weighted by Crippen LogP contribution is 2.09. The van der Waals surface area contributed by atoms with E-state index in [0.29, 0.717) is 13.0 Å². The fourth-order valence-electron chi connectivity index (χ4n) is 2.04. The predicted molar refractivity (Wildman–Crippen MR) is 92.5 cm³/mol. The number of hydrogen-bond donors (Lipinski definition) is 2. The molecular weight excluding hydrogens is 344 g/mol. The minimum Gasteiger partial charge on any atom is -0.354 e. The first kappa shape index (κ1) is 18.8. The van der Waals surface area contributed by atoms with E-state index in [0.717, 1.165) is 5.56 Å². The Labute approximate surface area is 146 Å². The smallest absolute Gasteiger partial charge is 0.347 e. The molecule has 1 aromatic carbocycles. The molecule has 0 aliphatic carbocycles. The molecule has 2 rings (SSSR count). The molecule has 1 amide bonds. The van der Waals surface area contributed by atoms with Gasteiger partial charge in [0.05, 0.1) is 4.90 Å². The van der Waals surface area contributed by atoms with Crippen LogP contribution in [0.15, 0.2) is 52.4 Å². The first-order valence-corrected chi connectivity index (χ1v) is 9.21. The number of nitrogens with one attached hydrogen (secondary N) is 2. The minimum atomic E-state index is -3.55. The lowest BCUT2D eigenvalue weighted by molar-refractivity contribution is -0.121. The number of hydrogen-bond acceptors (Lipinski definition) is 5. The summed E-state index contributed by atoms with van der Waals surface area (Å²) in [5, 5.41) is 2.63. The van der Waals surface area contributed by atoms with Gasteiger partial charge in [-0.05, 0) is 31.5 Å². The first-order valence-electron chi connectivity index (χ1n) is 7.73. The maximum atomic E-state index is 12.1. The summed E-state index contributed by atoms with van der Waals surface area (Å²) in [7, 11) is -3.55. The number of benzene rings is 1. The van der Waals surface area contributed by atoms with Crippen LogP contribution in [0.3, 0.4) is 0 Å². The van der Waals surface area contributed by atoms with Crippen LogP contribution >= 0.6 is 0 Å². The molecule has 0 saturated heterocycles. The zero-order valence-electron chi connectivity index (χ0n) is 13.8. The summed E-state index contributed by atoms with van der Waals surface area (Å²) < 4.78 is 27.8. The molecule has 9 heteroatoms. The Balaban J connectivity index is 1.72. The van der Waals surface area contributed by atoms with Crippen LogP contribution in [0.1, 0.15) is 12.0 Å². The molecule has 134 valence electrons. The van der Waals surface area contributed by atoms with E-state index in [4.69, 9.17) is 0 Å². The predicted octanol–water partition coefficient (Wildman–Crippen LogP) is 0.0365. The number of rotatable bonds is 8. The lowest BCUT2D eigenvalue weighted by Crippen LogP contribution is -2.34. The van der Waals surface area contributed by atoms with E-state index in [9.17, 15) is 18.0 Å². The van der Waals surface area contributed by atoms with E-state index in [2.05, 4.69) is 15.0 Å². The van der Waals surface area contributed by atoms with Gasteiger partial charge in [-0.2, -0.15) is 0 Å². The standard InChI is InChI=1S/C16H20N4O4S/c1-13-4-6-14(7-5-13)25(23,24)19-10-2-8-17-15(21)12-20-11-3-9-18-16(20)22/h3-7,9,11,19H,2,8,10,12H2,1H3,(H,17,21). The monoisotopic (exact) mass is 364 g/mol. The lowest BCUT2D eigenvalue weighted by Gasteiger charge is -2.08. The van der Waals surface area contributed by atoms with Crippen molar-refractivity contribution in [2.75, 3.05) is 13.1 Å². The molecule has 0 aliphatic rings. The molecule has 0 atom stereocenters. The first-order chi connectivity index (χ1) is 11.9. The average molecular weight is 364 g/mol. The van der Waals surface area contributed by atoms with E-state index in [1.54, 1.807) is 30.3 Å². The van der Waals surface area contributed by atoms with Gasteiger partial charge in [0, 0.05) is 25.5 Å². The average Bonchev–Trinajstić information content (AvgIpc) is 2.57. The fraction of sp³-hybridized carbons (Fsp3) is 0.312. The third-order valence-corrected chi connectivity index (χ3v) is 4.87. The van der Waals surface area contributed by atoms with Crippen molar-refractivity contribution in [3.05, 3.63) is 58.8 Å². The quantitative estimate of drug-likeness (QED) is 0.643. The highest BCUT2D eigenvalue weighted by atomic mass is 32.2. The molecule has 0 bridgehead atoms. The van der Waals surface area contributed by atoms with Crippen molar-refractivity contribution < 1.29 is 13.2 Å². The van der Waals surface area contributed by atoms with E-state index >= 15 is 0 Å². The van der Waals surface area contributed by atoms with Crippen molar-refractivity contribution in [3.8, 4) is 0 Å². The summed E-state index contributed by atoms with van der Waals surface area (Å²) in [6.07, 6.45) is 3.26. The van der Waals surface area contributed by atoms with Gasteiger partial charge in [0.1, 0.15) is 6.54 Å². The normalized spacial score (nSPS) is 11.2. The van der Waals surface area contributed by atoms with Crippen molar-refractivity contribution in [2.45, 2.75) is 24.8 Å². The number of amides is 1. The van der Waals surface area contributed by atoms with Crippen LogP contribution in [0.5, 0.6) is 0 Å². The second-order valence-corrected chi connectivity index (χ2v) is 7.21. The molecule has 0 saturated carbocycles. The summed E-state index contributed by atoms with van der Waals surface area (Å²) in [5.74, 6) is -0.337. The summed E-state index contributed by atoms with van der Waals surface area (Å²) in [5.41, 5.74) is 0.484. The van der Waals surface area contributed by atoms with Crippen molar-refractivity contribution in [2.24, 2.45) is 0 Å². The van der Waals surface area contributed by atoms with Crippen LogP contribution in [-0.2, 0) is 21.4 Å². The van der Waals surface area contributed by atoms with Crippen molar-refractivity contribution in [1.29, 1.82) is 0 Å². The maximum Gasteiger partial charge on any atom is 0.347 e. The van der Waals surface area contributed by atoms with Gasteiger partial charge in [-0.1, -0.05) is 17.7 Å². The van der Waals surface area contributed by atoms with Gasteiger partial charge in [-0.3, -0.25) is 9.36 Å². The molecular formula is C16H20N4O4S. The number of carbonyl (C=O) groups is 1. The number of aryl methyl sites for hydroxylation is 1. The Bertz CT molecular complexity index is 876. The van der Waals surface area contributed by atoms with Gasteiger partial charge in [-0.25, -0.2) is 22.9 Å². The molecule has 0 fully saturated rings. The summed E-state index contributed by atoms with van der Waals surface area (Å²) >= 11 is 0. The van der Waals surface area contributed by atoms with E-state index in [1.807, 2.05) is 6.92 Å². The highest BCUT2D eigenvalue weighted by molar-refractivity contribution is 7.89. The summed E-state index contributed by atoms with van der Waals surface area (Å²) in [4.78, 5) is 26.9. The molecule has 0 unspecified atom stereocenters. The van der Waals surface area contributed by atoms with Gasteiger partial charge in [0.25, 0.3) is 0 Å². The molecule has 25 heavy (non-hydrogen) atoms. The zero-order valence-corrected chi connectivity index (χ0v) is 14.6. The zero-order chi connectivity index (χ0) is 18.3. The number of aromatic nitrogens is 2. The largest absolute Gasteiger partial charge is 0.354 e. The van der Waals surface area contributed by atoms with E-state index in [1.165, 1.54) is 17.0 Å². The van der Waals surface area contributed by atoms with E-state index in [-0.39, 0.29) is 23.9 Å². The van der Waals surface area contributed by atoms with Crippen molar-refractivity contribution >= 4 is 15.9 Å². The highest BCUT2D eigenvalue weighted by Gasteiger charge is 2.12. The molecule has 1 heterocycles.